The molecule has 0 aliphatic heterocycles. The molecule has 9 heteroatoms. The zero-order valence-electron chi connectivity index (χ0n) is 11.3. The Bertz CT molecular complexity index is 918. The molecule has 2 aromatic heterocycles. The molecular weight excluding hydrogens is 346 g/mol. The van der Waals surface area contributed by atoms with Crippen LogP contribution < -0.4 is 4.72 Å². The summed E-state index contributed by atoms with van der Waals surface area (Å²) in [4.78, 5) is 0.590. The average molecular weight is 356 g/mol. The van der Waals surface area contributed by atoms with Crippen molar-refractivity contribution in [3.63, 3.8) is 0 Å². The summed E-state index contributed by atoms with van der Waals surface area (Å²) in [5, 5.41) is 8.04. The standard InChI is InChI=1S/C13H10ClN3O3S2/c1-8-15-16-13(20-8)11-5-6-12(21-11)22(18,19)17-10-4-2-3-9(14)7-10/h2-7,17H,1H3. The first-order valence-corrected chi connectivity index (χ1v) is 8.80. The molecule has 0 aliphatic rings. The van der Waals surface area contributed by atoms with Gasteiger partial charge in [0, 0.05) is 11.9 Å². The van der Waals surface area contributed by atoms with Gasteiger partial charge in [-0.1, -0.05) is 17.7 Å². The van der Waals surface area contributed by atoms with E-state index in [1.165, 1.54) is 12.1 Å². The van der Waals surface area contributed by atoms with E-state index < -0.39 is 10.0 Å². The van der Waals surface area contributed by atoms with Gasteiger partial charge in [-0.15, -0.1) is 21.5 Å². The van der Waals surface area contributed by atoms with Crippen LogP contribution in [0.4, 0.5) is 5.69 Å². The van der Waals surface area contributed by atoms with Crippen LogP contribution in [-0.2, 0) is 10.0 Å². The number of nitrogens with zero attached hydrogens (tertiary/aromatic N) is 2. The largest absolute Gasteiger partial charge is 0.420 e. The van der Waals surface area contributed by atoms with Crippen molar-refractivity contribution in [2.45, 2.75) is 11.1 Å². The lowest BCUT2D eigenvalue weighted by Gasteiger charge is -2.06. The summed E-state index contributed by atoms with van der Waals surface area (Å²) in [5.74, 6) is 0.719. The number of hydrogen-bond acceptors (Lipinski definition) is 6. The molecule has 0 fully saturated rings. The van der Waals surface area contributed by atoms with Crippen LogP contribution in [-0.4, -0.2) is 18.6 Å². The third-order valence-corrected chi connectivity index (χ3v) is 5.84. The van der Waals surface area contributed by atoms with E-state index >= 15 is 0 Å². The Labute approximate surface area is 135 Å². The highest BCUT2D eigenvalue weighted by atomic mass is 35.5. The number of hydrogen-bond donors (Lipinski definition) is 1. The number of rotatable bonds is 4. The van der Waals surface area contributed by atoms with Gasteiger partial charge in [0.2, 0.25) is 5.89 Å². The molecule has 3 rings (SSSR count). The number of sulfonamides is 1. The second-order valence-corrected chi connectivity index (χ2v) is 7.79. The number of benzene rings is 1. The summed E-state index contributed by atoms with van der Waals surface area (Å²) >= 11 is 6.90. The van der Waals surface area contributed by atoms with Gasteiger partial charge in [0.1, 0.15) is 4.21 Å². The summed E-state index contributed by atoms with van der Waals surface area (Å²) in [6, 6.07) is 9.62. The second kappa shape index (κ2) is 5.71. The molecule has 0 unspecified atom stereocenters. The van der Waals surface area contributed by atoms with Crippen molar-refractivity contribution in [3.8, 4) is 10.8 Å². The van der Waals surface area contributed by atoms with Crippen molar-refractivity contribution < 1.29 is 12.8 Å². The minimum Gasteiger partial charge on any atom is -0.420 e. The number of thiophene rings is 1. The van der Waals surface area contributed by atoms with E-state index in [9.17, 15) is 8.42 Å². The molecule has 2 heterocycles. The van der Waals surface area contributed by atoms with E-state index in [2.05, 4.69) is 14.9 Å². The van der Waals surface area contributed by atoms with Crippen LogP contribution in [0.5, 0.6) is 0 Å². The average Bonchev–Trinajstić information content (AvgIpc) is 3.06. The van der Waals surface area contributed by atoms with Crippen LogP contribution >= 0.6 is 22.9 Å². The van der Waals surface area contributed by atoms with Crippen LogP contribution in [0.15, 0.2) is 45.0 Å². The molecule has 0 bridgehead atoms. The number of nitrogens with one attached hydrogen (secondary N) is 1. The molecule has 0 saturated carbocycles. The van der Waals surface area contributed by atoms with Gasteiger partial charge < -0.3 is 4.42 Å². The van der Waals surface area contributed by atoms with E-state index in [-0.39, 0.29) is 4.21 Å². The van der Waals surface area contributed by atoms with E-state index in [0.717, 1.165) is 11.3 Å². The topological polar surface area (TPSA) is 85.1 Å². The first-order chi connectivity index (χ1) is 10.4. The fourth-order valence-electron chi connectivity index (χ4n) is 1.73. The van der Waals surface area contributed by atoms with Crippen LogP contribution in [0.25, 0.3) is 10.8 Å². The number of aryl methyl sites for hydroxylation is 1. The first-order valence-electron chi connectivity index (χ1n) is 6.13. The lowest BCUT2D eigenvalue weighted by Crippen LogP contribution is -2.11. The smallest absolute Gasteiger partial charge is 0.271 e. The van der Waals surface area contributed by atoms with Crippen LogP contribution in [0.2, 0.25) is 5.02 Å². The number of aromatic nitrogens is 2. The van der Waals surface area contributed by atoms with Crippen LogP contribution in [0.3, 0.4) is 0 Å². The maximum atomic E-state index is 12.4. The van der Waals surface area contributed by atoms with Gasteiger partial charge in [-0.05, 0) is 30.3 Å². The summed E-state index contributed by atoms with van der Waals surface area (Å²) in [5.41, 5.74) is 0.399. The highest BCUT2D eigenvalue weighted by Gasteiger charge is 2.19. The van der Waals surface area contributed by atoms with Crippen molar-refractivity contribution in [1.29, 1.82) is 0 Å². The molecule has 0 aliphatic carbocycles. The third kappa shape index (κ3) is 3.13. The van der Waals surface area contributed by atoms with Crippen molar-refractivity contribution in [2.75, 3.05) is 4.72 Å². The molecule has 1 N–H and O–H groups in total. The molecule has 114 valence electrons. The Morgan fingerprint density at radius 1 is 1.23 bits per heavy atom. The summed E-state index contributed by atoms with van der Waals surface area (Å²) in [6.07, 6.45) is 0. The lowest BCUT2D eigenvalue weighted by molar-refractivity contribution is 0.534. The predicted molar refractivity (Wildman–Crippen MR) is 84.6 cm³/mol. The third-order valence-electron chi connectivity index (χ3n) is 2.66. The molecule has 0 spiro atoms. The number of halogens is 1. The SMILES string of the molecule is Cc1nnc(-c2ccc(S(=O)(=O)Nc3cccc(Cl)c3)s2)o1. The summed E-state index contributed by atoms with van der Waals surface area (Å²) in [6.45, 7) is 1.67. The fraction of sp³-hybridized carbons (Fsp3) is 0.0769. The monoisotopic (exact) mass is 355 g/mol. The molecule has 1 aromatic carbocycles. The molecule has 22 heavy (non-hydrogen) atoms. The van der Waals surface area contributed by atoms with Crippen molar-refractivity contribution in [1.82, 2.24) is 10.2 Å². The Balaban J connectivity index is 1.88. The molecule has 0 radical (unpaired) electrons. The molecular formula is C13H10ClN3O3S2. The van der Waals surface area contributed by atoms with Gasteiger partial charge >= 0.3 is 0 Å². The molecule has 0 atom stereocenters. The Kier molecular flexibility index (Phi) is 3.90. The van der Waals surface area contributed by atoms with Gasteiger partial charge in [0.05, 0.1) is 10.6 Å². The van der Waals surface area contributed by atoms with Gasteiger partial charge in [-0.25, -0.2) is 8.42 Å². The number of anilines is 1. The van der Waals surface area contributed by atoms with Crippen molar-refractivity contribution in [2.24, 2.45) is 0 Å². The lowest BCUT2D eigenvalue weighted by atomic mass is 10.3. The Morgan fingerprint density at radius 2 is 2.05 bits per heavy atom. The fourth-order valence-corrected chi connectivity index (χ4v) is 4.20. The highest BCUT2D eigenvalue weighted by molar-refractivity contribution is 7.94. The second-order valence-electron chi connectivity index (χ2n) is 4.36. The van der Waals surface area contributed by atoms with Crippen molar-refractivity contribution >= 4 is 38.6 Å². The Morgan fingerprint density at radius 3 is 2.73 bits per heavy atom. The van der Waals surface area contributed by atoms with Crippen LogP contribution in [0.1, 0.15) is 5.89 Å². The maximum absolute atomic E-state index is 12.4. The Hall–Kier alpha value is -1.90. The summed E-state index contributed by atoms with van der Waals surface area (Å²) in [7, 11) is -3.69. The first kappa shape index (κ1) is 15.0. The zero-order chi connectivity index (χ0) is 15.7. The normalized spacial score (nSPS) is 11.5. The molecule has 0 saturated heterocycles. The molecule has 0 amide bonds. The zero-order valence-corrected chi connectivity index (χ0v) is 13.7. The molecule has 6 nitrogen and oxygen atoms in total. The highest BCUT2D eigenvalue weighted by Crippen LogP contribution is 2.31. The van der Waals surface area contributed by atoms with Crippen LogP contribution in [0, 0.1) is 6.92 Å². The maximum Gasteiger partial charge on any atom is 0.271 e. The minimum atomic E-state index is -3.69. The van der Waals surface area contributed by atoms with E-state index in [1.807, 2.05) is 0 Å². The summed E-state index contributed by atoms with van der Waals surface area (Å²) < 4.78 is 32.6. The molecule has 3 aromatic rings. The van der Waals surface area contributed by atoms with Gasteiger partial charge in [-0.3, -0.25) is 4.72 Å². The van der Waals surface area contributed by atoms with E-state index in [0.29, 0.717) is 27.4 Å². The van der Waals surface area contributed by atoms with E-state index in [1.54, 1.807) is 31.2 Å². The van der Waals surface area contributed by atoms with Gasteiger partial charge in [-0.2, -0.15) is 0 Å². The quantitative estimate of drug-likeness (QED) is 0.773. The van der Waals surface area contributed by atoms with Gasteiger partial charge in [0.15, 0.2) is 0 Å². The predicted octanol–water partition coefficient (Wildman–Crippen LogP) is 3.56. The van der Waals surface area contributed by atoms with Gasteiger partial charge in [0.25, 0.3) is 15.9 Å². The van der Waals surface area contributed by atoms with E-state index in [4.69, 9.17) is 16.0 Å². The van der Waals surface area contributed by atoms with Crippen molar-refractivity contribution in [3.05, 3.63) is 47.3 Å². The minimum absolute atomic E-state index is 0.151.